The number of amides is 1. The summed E-state index contributed by atoms with van der Waals surface area (Å²) in [5, 5.41) is 7.80. The third kappa shape index (κ3) is 3.62. The van der Waals surface area contributed by atoms with Crippen LogP contribution in [0.25, 0.3) is 10.2 Å². The molecule has 2 heterocycles. The van der Waals surface area contributed by atoms with Crippen LogP contribution in [-0.4, -0.2) is 27.2 Å². The summed E-state index contributed by atoms with van der Waals surface area (Å²) < 4.78 is 2.33. The van der Waals surface area contributed by atoms with E-state index in [4.69, 9.17) is 0 Å². The Morgan fingerprint density at radius 1 is 1.26 bits per heavy atom. The average Bonchev–Trinajstić information content (AvgIpc) is 2.96. The van der Waals surface area contributed by atoms with Crippen LogP contribution >= 0.6 is 11.3 Å². The second-order valence-corrected chi connectivity index (χ2v) is 6.23. The topological polar surface area (TPSA) is 76.9 Å². The molecule has 0 aliphatic rings. The molecule has 0 aliphatic carbocycles. The van der Waals surface area contributed by atoms with Crippen molar-refractivity contribution in [1.29, 1.82) is 0 Å². The van der Waals surface area contributed by atoms with Gasteiger partial charge in [-0.25, -0.2) is 9.67 Å². The minimum atomic E-state index is -0.273. The third-order valence-corrected chi connectivity index (χ3v) is 4.48. The number of hydrogen-bond acceptors (Lipinski definition) is 5. The van der Waals surface area contributed by atoms with Crippen molar-refractivity contribution in [3.05, 3.63) is 57.5 Å². The van der Waals surface area contributed by atoms with E-state index in [9.17, 15) is 9.59 Å². The lowest BCUT2D eigenvalue weighted by Gasteiger charge is -2.04. The number of thiazole rings is 1. The lowest BCUT2D eigenvalue weighted by Crippen LogP contribution is -2.29. The Morgan fingerprint density at radius 2 is 2.09 bits per heavy atom. The highest BCUT2D eigenvalue weighted by Gasteiger charge is 2.08. The number of para-hydroxylation sites is 1. The maximum absolute atomic E-state index is 12.0. The number of carbonyl (C=O) groups excluding carboxylic acids is 1. The van der Waals surface area contributed by atoms with Crippen molar-refractivity contribution in [1.82, 2.24) is 20.1 Å². The number of fused-ring (bicyclic) bond motifs is 1. The molecule has 0 saturated heterocycles. The molecule has 118 valence electrons. The third-order valence-electron chi connectivity index (χ3n) is 3.38. The molecule has 0 fully saturated rings. The number of carbonyl (C=O) groups is 1. The highest BCUT2D eigenvalue weighted by molar-refractivity contribution is 7.18. The first kappa shape index (κ1) is 15.4. The largest absolute Gasteiger partial charge is 0.351 e. The van der Waals surface area contributed by atoms with Crippen molar-refractivity contribution in [2.45, 2.75) is 12.8 Å². The first-order chi connectivity index (χ1) is 11.1. The summed E-state index contributed by atoms with van der Waals surface area (Å²) in [6.07, 6.45) is 1.62. The van der Waals surface area contributed by atoms with Gasteiger partial charge in [-0.15, -0.1) is 11.3 Å². The molecule has 0 bridgehead atoms. The number of aryl methyl sites for hydroxylation is 2. The molecule has 0 atom stereocenters. The zero-order valence-corrected chi connectivity index (χ0v) is 13.5. The predicted molar refractivity (Wildman–Crippen MR) is 89.8 cm³/mol. The molecule has 6 nitrogen and oxygen atoms in total. The normalized spacial score (nSPS) is 10.8. The molecule has 1 amide bonds. The van der Waals surface area contributed by atoms with E-state index in [1.54, 1.807) is 11.3 Å². The smallest absolute Gasteiger partial charge is 0.271 e. The van der Waals surface area contributed by atoms with Crippen molar-refractivity contribution in [3.8, 4) is 0 Å². The summed E-state index contributed by atoms with van der Waals surface area (Å²) in [6, 6.07) is 10.8. The Labute approximate surface area is 136 Å². The van der Waals surface area contributed by atoms with E-state index >= 15 is 0 Å². The monoisotopic (exact) mass is 328 g/mol. The van der Waals surface area contributed by atoms with E-state index in [0.29, 0.717) is 6.54 Å². The fourth-order valence-electron chi connectivity index (χ4n) is 2.18. The molecule has 1 N–H and O–H groups in total. The molecule has 23 heavy (non-hydrogen) atoms. The highest BCUT2D eigenvalue weighted by atomic mass is 32.1. The van der Waals surface area contributed by atoms with Crippen molar-refractivity contribution < 1.29 is 4.79 Å². The van der Waals surface area contributed by atoms with Crippen molar-refractivity contribution in [2.24, 2.45) is 7.05 Å². The summed E-state index contributed by atoms with van der Waals surface area (Å²) in [6.45, 7) is 0.541. The first-order valence-electron chi connectivity index (χ1n) is 7.30. The molecular formula is C16H16N4O2S. The summed E-state index contributed by atoms with van der Waals surface area (Å²) in [5.41, 5.74) is 1.02. The van der Waals surface area contributed by atoms with E-state index < -0.39 is 0 Å². The lowest BCUT2D eigenvalue weighted by molar-refractivity contribution is 0.0946. The summed E-state index contributed by atoms with van der Waals surface area (Å²) in [7, 11) is 1.52. The van der Waals surface area contributed by atoms with Gasteiger partial charge in [-0.3, -0.25) is 9.59 Å². The van der Waals surface area contributed by atoms with Gasteiger partial charge in [0.15, 0.2) is 0 Å². The molecule has 3 rings (SSSR count). The summed E-state index contributed by atoms with van der Waals surface area (Å²) >= 11 is 1.68. The van der Waals surface area contributed by atoms with Crippen LogP contribution in [0.15, 0.2) is 41.2 Å². The Kier molecular flexibility index (Phi) is 4.47. The van der Waals surface area contributed by atoms with E-state index in [-0.39, 0.29) is 17.2 Å². The fraction of sp³-hybridized carbons (Fsp3) is 0.250. The minimum absolute atomic E-state index is 0.239. The zero-order chi connectivity index (χ0) is 16.2. The van der Waals surface area contributed by atoms with E-state index in [2.05, 4.69) is 21.5 Å². The number of hydrogen-bond donors (Lipinski definition) is 1. The Bertz CT molecular complexity index is 867. The van der Waals surface area contributed by atoms with Gasteiger partial charge in [-0.05, 0) is 24.6 Å². The van der Waals surface area contributed by atoms with Gasteiger partial charge >= 0.3 is 0 Å². The van der Waals surface area contributed by atoms with E-state index in [0.717, 1.165) is 28.0 Å². The first-order valence-corrected chi connectivity index (χ1v) is 8.12. The van der Waals surface area contributed by atoms with Gasteiger partial charge in [-0.2, -0.15) is 5.10 Å². The highest BCUT2D eigenvalue weighted by Crippen LogP contribution is 2.22. The second kappa shape index (κ2) is 6.70. The number of benzene rings is 1. The Morgan fingerprint density at radius 3 is 2.87 bits per heavy atom. The maximum atomic E-state index is 12.0. The van der Waals surface area contributed by atoms with Crippen LogP contribution in [0.4, 0.5) is 0 Å². The quantitative estimate of drug-likeness (QED) is 0.724. The maximum Gasteiger partial charge on any atom is 0.271 e. The van der Waals surface area contributed by atoms with E-state index in [1.165, 1.54) is 23.9 Å². The van der Waals surface area contributed by atoms with Crippen molar-refractivity contribution in [2.75, 3.05) is 6.54 Å². The van der Waals surface area contributed by atoms with Gasteiger partial charge in [0.25, 0.3) is 11.5 Å². The zero-order valence-electron chi connectivity index (χ0n) is 12.7. The standard InChI is InChI=1S/C16H16N4O2S/c1-20-15(21)9-8-12(19-20)16(22)17-10-4-7-14-18-11-5-2-3-6-13(11)23-14/h2-3,5-6,8-9H,4,7,10H2,1H3,(H,17,22). The molecule has 0 saturated carbocycles. The fourth-order valence-corrected chi connectivity index (χ4v) is 3.19. The van der Waals surface area contributed by atoms with E-state index in [1.807, 2.05) is 18.2 Å². The number of nitrogens with zero attached hydrogens (tertiary/aromatic N) is 3. The molecule has 0 unspecified atom stereocenters. The number of rotatable bonds is 5. The van der Waals surface area contributed by atoms with Gasteiger partial charge in [0, 0.05) is 26.1 Å². The van der Waals surface area contributed by atoms with Gasteiger partial charge in [-0.1, -0.05) is 12.1 Å². The molecular weight excluding hydrogens is 312 g/mol. The van der Waals surface area contributed by atoms with Crippen LogP contribution in [0.1, 0.15) is 21.9 Å². The number of nitrogens with one attached hydrogen (secondary N) is 1. The van der Waals surface area contributed by atoms with Crippen LogP contribution in [0.2, 0.25) is 0 Å². The van der Waals surface area contributed by atoms with Gasteiger partial charge in [0.05, 0.1) is 15.2 Å². The van der Waals surface area contributed by atoms with Gasteiger partial charge in [0.2, 0.25) is 0 Å². The van der Waals surface area contributed by atoms with Crippen molar-refractivity contribution in [3.63, 3.8) is 0 Å². The summed E-state index contributed by atoms with van der Waals surface area (Å²) in [4.78, 5) is 27.8. The van der Waals surface area contributed by atoms with Crippen LogP contribution in [-0.2, 0) is 13.5 Å². The Hall–Kier alpha value is -2.54. The second-order valence-electron chi connectivity index (χ2n) is 5.12. The molecule has 2 aromatic heterocycles. The SMILES string of the molecule is Cn1nc(C(=O)NCCCc2nc3ccccc3s2)ccc1=O. The molecule has 7 heteroatoms. The predicted octanol–water partition coefficient (Wildman–Crippen LogP) is 1.75. The Balaban J connectivity index is 1.51. The molecule has 0 spiro atoms. The lowest BCUT2D eigenvalue weighted by atomic mass is 10.3. The molecule has 1 aromatic carbocycles. The van der Waals surface area contributed by atoms with Crippen LogP contribution in [0, 0.1) is 0 Å². The number of aromatic nitrogens is 3. The minimum Gasteiger partial charge on any atom is -0.351 e. The average molecular weight is 328 g/mol. The van der Waals surface area contributed by atoms with Crippen LogP contribution in [0.3, 0.4) is 0 Å². The molecule has 0 radical (unpaired) electrons. The van der Waals surface area contributed by atoms with Crippen molar-refractivity contribution >= 4 is 27.5 Å². The van der Waals surface area contributed by atoms with Gasteiger partial charge in [0.1, 0.15) is 5.69 Å². The van der Waals surface area contributed by atoms with Crippen LogP contribution < -0.4 is 10.9 Å². The van der Waals surface area contributed by atoms with Crippen LogP contribution in [0.5, 0.6) is 0 Å². The molecule has 3 aromatic rings. The summed E-state index contributed by atoms with van der Waals surface area (Å²) in [5.74, 6) is -0.273. The van der Waals surface area contributed by atoms with Gasteiger partial charge < -0.3 is 5.32 Å². The molecule has 0 aliphatic heterocycles.